The molecule has 0 radical (unpaired) electrons. The van der Waals surface area contributed by atoms with Gasteiger partial charge in [-0.25, -0.2) is 0 Å². The molecule has 0 saturated heterocycles. The standard InChI is InChI=1S/C15H27N3O/c1-5-15(2,19)10-11-8-12(9-11)14(17-16-3)18(4)13-6-7-13/h11-13,19H,3,5-10H2,1-2,4H3/b17-14-. The summed E-state index contributed by atoms with van der Waals surface area (Å²) in [7, 11) is 2.12. The zero-order chi connectivity index (χ0) is 14.0. The summed E-state index contributed by atoms with van der Waals surface area (Å²) in [4.78, 5) is 2.29. The fraction of sp³-hybridized carbons (Fsp3) is 0.867. The van der Waals surface area contributed by atoms with Crippen LogP contribution in [-0.2, 0) is 0 Å². The smallest absolute Gasteiger partial charge is 0.130 e. The van der Waals surface area contributed by atoms with Gasteiger partial charge < -0.3 is 10.0 Å². The first-order valence-corrected chi connectivity index (χ1v) is 7.45. The minimum Gasteiger partial charge on any atom is -0.390 e. The van der Waals surface area contributed by atoms with E-state index in [9.17, 15) is 5.11 Å². The van der Waals surface area contributed by atoms with Gasteiger partial charge in [0.1, 0.15) is 5.84 Å². The summed E-state index contributed by atoms with van der Waals surface area (Å²) in [6, 6.07) is 0.665. The van der Waals surface area contributed by atoms with Gasteiger partial charge in [-0.15, -0.1) is 5.10 Å². The van der Waals surface area contributed by atoms with Crippen molar-refractivity contribution >= 4 is 12.6 Å². The van der Waals surface area contributed by atoms with Crippen LogP contribution >= 0.6 is 0 Å². The molecule has 108 valence electrons. The number of rotatable bonds is 6. The summed E-state index contributed by atoms with van der Waals surface area (Å²) in [5.41, 5.74) is -0.508. The first-order chi connectivity index (χ1) is 8.96. The van der Waals surface area contributed by atoms with Crippen LogP contribution in [0.5, 0.6) is 0 Å². The molecule has 2 rings (SSSR count). The second kappa shape index (κ2) is 5.61. The van der Waals surface area contributed by atoms with Crippen LogP contribution in [0.25, 0.3) is 0 Å². The Balaban J connectivity index is 1.86. The van der Waals surface area contributed by atoms with Crippen molar-refractivity contribution in [3.8, 4) is 0 Å². The van der Waals surface area contributed by atoms with Crippen LogP contribution < -0.4 is 0 Å². The van der Waals surface area contributed by atoms with Crippen molar-refractivity contribution in [3.05, 3.63) is 0 Å². The van der Waals surface area contributed by atoms with Crippen LogP contribution in [0.3, 0.4) is 0 Å². The Labute approximate surface area is 116 Å². The van der Waals surface area contributed by atoms with Crippen molar-refractivity contribution in [1.82, 2.24) is 4.90 Å². The van der Waals surface area contributed by atoms with E-state index in [1.165, 1.54) is 12.8 Å². The van der Waals surface area contributed by atoms with E-state index in [1.54, 1.807) is 0 Å². The van der Waals surface area contributed by atoms with Gasteiger partial charge in [0.05, 0.1) is 5.60 Å². The second-order valence-electron chi connectivity index (χ2n) is 6.53. The molecule has 4 nitrogen and oxygen atoms in total. The van der Waals surface area contributed by atoms with Crippen LogP contribution in [0, 0.1) is 11.8 Å². The van der Waals surface area contributed by atoms with E-state index in [0.717, 1.165) is 31.5 Å². The van der Waals surface area contributed by atoms with Crippen molar-refractivity contribution in [2.24, 2.45) is 22.0 Å². The highest BCUT2D eigenvalue weighted by atomic mass is 16.3. The Morgan fingerprint density at radius 1 is 1.42 bits per heavy atom. The number of hydrogen-bond donors (Lipinski definition) is 1. The highest BCUT2D eigenvalue weighted by molar-refractivity contribution is 5.85. The molecule has 0 aromatic heterocycles. The average Bonchev–Trinajstić information content (AvgIpc) is 3.14. The van der Waals surface area contributed by atoms with Crippen molar-refractivity contribution in [2.45, 2.75) is 64.0 Å². The van der Waals surface area contributed by atoms with Crippen LogP contribution in [0.2, 0.25) is 0 Å². The molecular weight excluding hydrogens is 238 g/mol. The molecule has 4 heteroatoms. The summed E-state index contributed by atoms with van der Waals surface area (Å²) in [6.45, 7) is 7.48. The third-order valence-corrected chi connectivity index (χ3v) is 4.72. The number of hydrogen-bond acceptors (Lipinski definition) is 3. The van der Waals surface area contributed by atoms with E-state index in [4.69, 9.17) is 0 Å². The van der Waals surface area contributed by atoms with E-state index in [0.29, 0.717) is 17.9 Å². The molecule has 0 aromatic rings. The van der Waals surface area contributed by atoms with Crippen LogP contribution in [0.15, 0.2) is 10.2 Å². The SMILES string of the molecule is C=N/N=C(/C1CC(CC(C)(O)CC)C1)N(C)C1CC1. The lowest BCUT2D eigenvalue weighted by Crippen LogP contribution is -2.43. The molecule has 1 unspecified atom stereocenters. The lowest BCUT2D eigenvalue weighted by atomic mass is 9.69. The molecule has 2 aliphatic rings. The number of nitrogens with zero attached hydrogens (tertiary/aromatic N) is 3. The van der Waals surface area contributed by atoms with E-state index in [2.05, 4.69) is 28.9 Å². The zero-order valence-electron chi connectivity index (χ0n) is 12.5. The molecule has 19 heavy (non-hydrogen) atoms. The molecule has 2 saturated carbocycles. The van der Waals surface area contributed by atoms with Gasteiger partial charge in [0.15, 0.2) is 0 Å². The fourth-order valence-electron chi connectivity index (χ4n) is 3.04. The van der Waals surface area contributed by atoms with Crippen LogP contribution in [-0.4, -0.2) is 41.3 Å². The normalized spacial score (nSPS) is 30.4. The molecular formula is C15H27N3O. The third-order valence-electron chi connectivity index (χ3n) is 4.72. The summed E-state index contributed by atoms with van der Waals surface area (Å²) >= 11 is 0. The summed E-state index contributed by atoms with van der Waals surface area (Å²) in [5.74, 6) is 2.24. The predicted octanol–water partition coefficient (Wildman–Crippen LogP) is 2.67. The van der Waals surface area contributed by atoms with Crippen LogP contribution in [0.1, 0.15) is 52.4 Å². The Kier molecular flexibility index (Phi) is 4.29. The second-order valence-corrected chi connectivity index (χ2v) is 6.53. The molecule has 1 N–H and O–H groups in total. The topological polar surface area (TPSA) is 48.2 Å². The van der Waals surface area contributed by atoms with Crippen molar-refractivity contribution in [1.29, 1.82) is 0 Å². The monoisotopic (exact) mass is 265 g/mol. The number of amidine groups is 1. The van der Waals surface area contributed by atoms with Crippen molar-refractivity contribution in [3.63, 3.8) is 0 Å². The minimum absolute atomic E-state index is 0.508. The molecule has 2 aliphatic carbocycles. The molecule has 0 aliphatic heterocycles. The Bertz CT molecular complexity index is 354. The third kappa shape index (κ3) is 3.56. The molecule has 0 amide bonds. The first-order valence-electron chi connectivity index (χ1n) is 7.45. The van der Waals surface area contributed by atoms with Gasteiger partial charge in [0.2, 0.25) is 0 Å². The molecule has 0 heterocycles. The molecule has 0 bridgehead atoms. The summed E-state index contributed by atoms with van der Waals surface area (Å²) < 4.78 is 0. The van der Waals surface area contributed by atoms with E-state index >= 15 is 0 Å². The lowest BCUT2D eigenvalue weighted by molar-refractivity contribution is 0.0103. The van der Waals surface area contributed by atoms with Crippen molar-refractivity contribution < 1.29 is 5.11 Å². The average molecular weight is 265 g/mol. The van der Waals surface area contributed by atoms with Gasteiger partial charge in [0.25, 0.3) is 0 Å². The molecule has 0 spiro atoms. The first kappa shape index (κ1) is 14.5. The van der Waals surface area contributed by atoms with Gasteiger partial charge >= 0.3 is 0 Å². The Hall–Kier alpha value is -0.900. The van der Waals surface area contributed by atoms with E-state index < -0.39 is 5.60 Å². The molecule has 0 aromatic carbocycles. The largest absolute Gasteiger partial charge is 0.390 e. The maximum Gasteiger partial charge on any atom is 0.130 e. The van der Waals surface area contributed by atoms with Gasteiger partial charge in [-0.1, -0.05) is 6.92 Å². The number of aliphatic hydroxyl groups is 1. The molecule has 1 atom stereocenters. The fourth-order valence-corrected chi connectivity index (χ4v) is 3.04. The highest BCUT2D eigenvalue weighted by Gasteiger charge is 2.40. The minimum atomic E-state index is -0.508. The Morgan fingerprint density at radius 2 is 2.05 bits per heavy atom. The highest BCUT2D eigenvalue weighted by Crippen LogP contribution is 2.42. The maximum absolute atomic E-state index is 10.1. The van der Waals surface area contributed by atoms with Gasteiger partial charge in [-0.05, 0) is 51.4 Å². The van der Waals surface area contributed by atoms with Gasteiger partial charge in [-0.3, -0.25) is 0 Å². The van der Waals surface area contributed by atoms with Crippen LogP contribution in [0.4, 0.5) is 0 Å². The summed E-state index contributed by atoms with van der Waals surface area (Å²) in [6.07, 6.45) is 6.52. The molecule has 2 fully saturated rings. The van der Waals surface area contributed by atoms with Crippen molar-refractivity contribution in [2.75, 3.05) is 7.05 Å². The zero-order valence-corrected chi connectivity index (χ0v) is 12.5. The van der Waals surface area contributed by atoms with Gasteiger partial charge in [0, 0.05) is 25.7 Å². The van der Waals surface area contributed by atoms with E-state index in [1.807, 2.05) is 13.8 Å². The maximum atomic E-state index is 10.1. The van der Waals surface area contributed by atoms with E-state index in [-0.39, 0.29) is 0 Å². The quantitative estimate of drug-likeness (QED) is 0.456. The Morgan fingerprint density at radius 3 is 2.53 bits per heavy atom. The summed E-state index contributed by atoms with van der Waals surface area (Å²) in [5, 5.41) is 18.1. The predicted molar refractivity (Wildman–Crippen MR) is 79.5 cm³/mol. The van der Waals surface area contributed by atoms with Gasteiger partial charge in [-0.2, -0.15) is 5.10 Å². The lowest BCUT2D eigenvalue weighted by Gasteiger charge is -2.41.